The smallest absolute Gasteiger partial charge is 0.249 e. The second kappa shape index (κ2) is 12.7. The standard InChI is InChI=1S/C34H28N6O4S3/c35-47(43,44)26-11-9-23(10-12-26)13-16-38(31(41)21-39-27(29-7-3-17-45-29)19-24-5-1-14-36-33(24)39)32(42)22-40-28(30-8-4-18-46-30)20-25-6-2-15-37-34(25)40/h1-12,14-15,17-20H,13,16,21-22H2,(H2,35,43,44). The van der Waals surface area contributed by atoms with Gasteiger partial charge in [-0.15, -0.1) is 22.7 Å². The molecule has 0 saturated heterocycles. The average molecular weight is 681 g/mol. The van der Waals surface area contributed by atoms with Gasteiger partial charge in [0.15, 0.2) is 0 Å². The summed E-state index contributed by atoms with van der Waals surface area (Å²) in [7, 11) is -3.85. The minimum atomic E-state index is -3.85. The van der Waals surface area contributed by atoms with Crippen LogP contribution in [-0.2, 0) is 39.1 Å². The van der Waals surface area contributed by atoms with Crippen LogP contribution in [0.3, 0.4) is 0 Å². The SMILES string of the molecule is NS(=O)(=O)c1ccc(CCN(C(=O)Cn2c(-c3cccs3)cc3cccnc32)C(=O)Cn2c(-c3cccs3)cc3cccnc32)cc1. The molecule has 47 heavy (non-hydrogen) atoms. The van der Waals surface area contributed by atoms with Gasteiger partial charge in [0, 0.05) is 29.7 Å². The number of fused-ring (bicyclic) bond motifs is 2. The summed E-state index contributed by atoms with van der Waals surface area (Å²) in [5.74, 6) is -0.779. The van der Waals surface area contributed by atoms with E-state index >= 15 is 0 Å². The molecule has 0 radical (unpaired) electrons. The number of hydrogen-bond acceptors (Lipinski definition) is 8. The maximum atomic E-state index is 14.3. The lowest BCUT2D eigenvalue weighted by Crippen LogP contribution is -2.42. The van der Waals surface area contributed by atoms with E-state index in [-0.39, 0.29) is 36.3 Å². The molecule has 0 fully saturated rings. The summed E-state index contributed by atoms with van der Waals surface area (Å²) in [6.07, 6.45) is 3.69. The fraction of sp³-hybridized carbons (Fsp3) is 0.118. The number of hydrogen-bond donors (Lipinski definition) is 1. The predicted molar refractivity (Wildman–Crippen MR) is 184 cm³/mol. The molecule has 6 heterocycles. The summed E-state index contributed by atoms with van der Waals surface area (Å²) in [6, 6.07) is 25.6. The Bertz CT molecular complexity index is 2200. The van der Waals surface area contributed by atoms with Gasteiger partial charge in [-0.25, -0.2) is 23.5 Å². The van der Waals surface area contributed by atoms with Crippen molar-refractivity contribution in [1.29, 1.82) is 0 Å². The van der Waals surface area contributed by atoms with Crippen molar-refractivity contribution in [3.63, 3.8) is 0 Å². The molecule has 7 aromatic rings. The highest BCUT2D eigenvalue weighted by Gasteiger charge is 2.26. The third-order valence-corrected chi connectivity index (χ3v) is 10.6. The van der Waals surface area contributed by atoms with Crippen LogP contribution in [0.1, 0.15) is 5.56 Å². The lowest BCUT2D eigenvalue weighted by atomic mass is 10.1. The Kier molecular flexibility index (Phi) is 8.28. The number of nitrogens with two attached hydrogens (primary N) is 1. The number of benzene rings is 1. The van der Waals surface area contributed by atoms with Crippen molar-refractivity contribution < 1.29 is 18.0 Å². The zero-order chi connectivity index (χ0) is 32.5. The number of thiophene rings is 2. The van der Waals surface area contributed by atoms with E-state index in [2.05, 4.69) is 9.97 Å². The van der Waals surface area contributed by atoms with E-state index in [4.69, 9.17) is 5.14 Å². The minimum Gasteiger partial charge on any atom is -0.315 e. The van der Waals surface area contributed by atoms with E-state index in [0.29, 0.717) is 17.7 Å². The van der Waals surface area contributed by atoms with Crippen molar-refractivity contribution in [3.05, 3.63) is 114 Å². The lowest BCUT2D eigenvalue weighted by Gasteiger charge is -2.23. The highest BCUT2D eigenvalue weighted by Crippen LogP contribution is 2.32. The number of sulfonamides is 1. The number of aromatic nitrogens is 4. The summed E-state index contributed by atoms with van der Waals surface area (Å²) in [5, 5.41) is 11.0. The van der Waals surface area contributed by atoms with Gasteiger partial charge in [-0.2, -0.15) is 0 Å². The van der Waals surface area contributed by atoms with Crippen molar-refractivity contribution in [2.75, 3.05) is 6.54 Å². The Morgan fingerprint density at radius 2 is 1.23 bits per heavy atom. The van der Waals surface area contributed by atoms with E-state index in [1.165, 1.54) is 17.0 Å². The van der Waals surface area contributed by atoms with Crippen LogP contribution in [0.25, 0.3) is 43.2 Å². The number of nitrogens with zero attached hydrogens (tertiary/aromatic N) is 5. The van der Waals surface area contributed by atoms with E-state index < -0.39 is 10.0 Å². The zero-order valence-electron chi connectivity index (χ0n) is 24.9. The molecule has 0 atom stereocenters. The quantitative estimate of drug-likeness (QED) is 0.195. The first-order valence-corrected chi connectivity index (χ1v) is 18.0. The number of carbonyl (C=O) groups is 2. The summed E-state index contributed by atoms with van der Waals surface area (Å²) in [5.41, 5.74) is 3.73. The van der Waals surface area contributed by atoms with E-state index in [0.717, 1.165) is 37.5 Å². The van der Waals surface area contributed by atoms with Crippen LogP contribution in [0.4, 0.5) is 0 Å². The fourth-order valence-corrected chi connectivity index (χ4v) is 7.68. The Hall–Kier alpha value is -4.95. The molecule has 0 aliphatic heterocycles. The molecule has 236 valence electrons. The van der Waals surface area contributed by atoms with Crippen LogP contribution in [0.15, 0.2) is 113 Å². The molecule has 2 N–H and O–H groups in total. The van der Waals surface area contributed by atoms with Gasteiger partial charge in [-0.05, 0) is 83.4 Å². The van der Waals surface area contributed by atoms with Crippen LogP contribution in [0.2, 0.25) is 0 Å². The maximum Gasteiger partial charge on any atom is 0.249 e. The maximum absolute atomic E-state index is 14.3. The lowest BCUT2D eigenvalue weighted by molar-refractivity contribution is -0.145. The fourth-order valence-electron chi connectivity index (χ4n) is 5.67. The highest BCUT2D eigenvalue weighted by molar-refractivity contribution is 7.89. The van der Waals surface area contributed by atoms with Gasteiger partial charge >= 0.3 is 0 Å². The first-order valence-electron chi connectivity index (χ1n) is 14.7. The molecule has 0 unspecified atom stereocenters. The largest absolute Gasteiger partial charge is 0.315 e. The Morgan fingerprint density at radius 3 is 1.68 bits per heavy atom. The molecule has 0 spiro atoms. The summed E-state index contributed by atoms with van der Waals surface area (Å²) >= 11 is 3.12. The van der Waals surface area contributed by atoms with Gasteiger partial charge < -0.3 is 9.13 Å². The first-order chi connectivity index (χ1) is 22.8. The first kappa shape index (κ1) is 30.7. The van der Waals surface area contributed by atoms with E-state index in [1.807, 2.05) is 80.6 Å². The topological polar surface area (TPSA) is 133 Å². The number of primary sulfonamides is 1. The minimum absolute atomic E-state index is 0.00792. The van der Waals surface area contributed by atoms with E-state index in [9.17, 15) is 18.0 Å². The number of carbonyl (C=O) groups excluding carboxylic acids is 2. The molecule has 1 aromatic carbocycles. The molecule has 0 saturated carbocycles. The van der Waals surface area contributed by atoms with Gasteiger partial charge in [-0.3, -0.25) is 14.5 Å². The Morgan fingerprint density at radius 1 is 0.723 bits per heavy atom. The second-order valence-corrected chi connectivity index (χ2v) is 14.4. The Balaban J connectivity index is 1.24. The molecule has 7 rings (SSSR count). The zero-order valence-corrected chi connectivity index (χ0v) is 27.3. The molecule has 13 heteroatoms. The summed E-state index contributed by atoms with van der Waals surface area (Å²) in [6.45, 7) is -0.132. The Labute approximate surface area is 278 Å². The van der Waals surface area contributed by atoms with Crippen molar-refractivity contribution in [2.45, 2.75) is 24.4 Å². The van der Waals surface area contributed by atoms with Crippen LogP contribution in [0.5, 0.6) is 0 Å². The predicted octanol–water partition coefficient (Wildman–Crippen LogP) is 5.79. The van der Waals surface area contributed by atoms with Crippen molar-refractivity contribution in [1.82, 2.24) is 24.0 Å². The molecular formula is C34H28N6O4S3. The van der Waals surface area contributed by atoms with E-state index in [1.54, 1.807) is 47.2 Å². The highest BCUT2D eigenvalue weighted by atomic mass is 32.2. The summed E-state index contributed by atoms with van der Waals surface area (Å²) < 4.78 is 27.3. The molecule has 0 bridgehead atoms. The van der Waals surface area contributed by atoms with Gasteiger partial charge in [0.05, 0.1) is 26.0 Å². The monoisotopic (exact) mass is 680 g/mol. The summed E-state index contributed by atoms with van der Waals surface area (Å²) in [4.78, 5) is 40.9. The average Bonchev–Trinajstić information content (AvgIpc) is 3.88. The van der Waals surface area contributed by atoms with Crippen LogP contribution in [0, 0.1) is 0 Å². The number of rotatable bonds is 10. The third kappa shape index (κ3) is 6.25. The van der Waals surface area contributed by atoms with Gasteiger partial charge in [0.25, 0.3) is 0 Å². The number of pyridine rings is 2. The van der Waals surface area contributed by atoms with Crippen molar-refractivity contribution >= 4 is 66.6 Å². The van der Waals surface area contributed by atoms with Gasteiger partial charge in [0.2, 0.25) is 21.8 Å². The molecular weight excluding hydrogens is 653 g/mol. The molecule has 6 aromatic heterocycles. The second-order valence-electron chi connectivity index (χ2n) is 10.9. The van der Waals surface area contributed by atoms with Crippen molar-refractivity contribution in [3.8, 4) is 21.1 Å². The van der Waals surface area contributed by atoms with Crippen LogP contribution >= 0.6 is 22.7 Å². The third-order valence-electron chi connectivity index (χ3n) is 7.92. The van der Waals surface area contributed by atoms with Crippen LogP contribution in [-0.4, -0.2) is 50.8 Å². The van der Waals surface area contributed by atoms with Gasteiger partial charge in [0.1, 0.15) is 24.4 Å². The normalized spacial score (nSPS) is 11.8. The molecule has 10 nitrogen and oxygen atoms in total. The van der Waals surface area contributed by atoms with Gasteiger partial charge in [-0.1, -0.05) is 24.3 Å². The molecule has 0 aliphatic carbocycles. The molecule has 0 aliphatic rings. The molecule has 2 amide bonds. The van der Waals surface area contributed by atoms with Crippen molar-refractivity contribution in [2.24, 2.45) is 5.14 Å². The number of imide groups is 1. The van der Waals surface area contributed by atoms with Crippen LogP contribution < -0.4 is 5.14 Å². The number of amides is 2.